The first-order valence-corrected chi connectivity index (χ1v) is 10.1. The summed E-state index contributed by atoms with van der Waals surface area (Å²) < 4.78 is 22.9. The van der Waals surface area contributed by atoms with Crippen LogP contribution in [0.4, 0.5) is 0 Å². The number of ether oxygens (including phenoxy) is 4. The summed E-state index contributed by atoms with van der Waals surface area (Å²) in [6, 6.07) is 13.4. The molecule has 0 bridgehead atoms. The Morgan fingerprint density at radius 3 is 2.59 bits per heavy atom. The van der Waals surface area contributed by atoms with E-state index in [9.17, 15) is 25.2 Å². The van der Waals surface area contributed by atoms with E-state index in [1.165, 1.54) is 24.3 Å². The molecule has 0 radical (unpaired) electrons. The van der Waals surface area contributed by atoms with Gasteiger partial charge in [0, 0.05) is 6.08 Å². The number of hydrogen-bond acceptors (Lipinski definition) is 9. The van der Waals surface area contributed by atoms with Crippen LogP contribution in [-0.2, 0) is 23.7 Å². The van der Waals surface area contributed by atoms with E-state index in [1.807, 2.05) is 30.3 Å². The van der Waals surface area contributed by atoms with Crippen molar-refractivity contribution in [1.29, 1.82) is 0 Å². The number of carbonyl (C=O) groups is 1. The number of aliphatic hydroxyl groups excluding tert-OH is 2. The molecule has 2 aromatic rings. The molecule has 4 N–H and O–H groups in total. The molecule has 32 heavy (non-hydrogen) atoms. The molecule has 0 spiro atoms. The third-order valence-corrected chi connectivity index (χ3v) is 5.37. The highest BCUT2D eigenvalue weighted by molar-refractivity contribution is 5.87. The summed E-state index contributed by atoms with van der Waals surface area (Å²) in [6.45, 7) is -0.295. The molecule has 0 aliphatic carbocycles. The summed E-state index contributed by atoms with van der Waals surface area (Å²) in [5.74, 6) is -1.38. The van der Waals surface area contributed by atoms with Gasteiger partial charge in [-0.3, -0.25) is 0 Å². The van der Waals surface area contributed by atoms with Crippen LogP contribution in [0.3, 0.4) is 0 Å². The van der Waals surface area contributed by atoms with Crippen LogP contribution in [-0.4, -0.2) is 70.3 Å². The quantitative estimate of drug-likeness (QED) is 0.305. The van der Waals surface area contributed by atoms with E-state index in [2.05, 4.69) is 0 Å². The highest BCUT2D eigenvalue weighted by atomic mass is 16.7. The number of fused-ring (bicyclic) bond motifs is 1. The third kappa shape index (κ3) is 4.77. The van der Waals surface area contributed by atoms with Gasteiger partial charge in [0.05, 0.1) is 13.2 Å². The van der Waals surface area contributed by atoms with E-state index >= 15 is 0 Å². The Labute approximate surface area is 184 Å². The Morgan fingerprint density at radius 1 is 1.09 bits per heavy atom. The van der Waals surface area contributed by atoms with Gasteiger partial charge in [0.15, 0.2) is 23.9 Å². The Morgan fingerprint density at radius 2 is 1.88 bits per heavy atom. The third-order valence-electron chi connectivity index (χ3n) is 5.37. The fourth-order valence-electron chi connectivity index (χ4n) is 3.69. The van der Waals surface area contributed by atoms with Crippen LogP contribution >= 0.6 is 0 Å². The topological polar surface area (TPSA) is 135 Å². The summed E-state index contributed by atoms with van der Waals surface area (Å²) in [7, 11) is 0. The van der Waals surface area contributed by atoms with Gasteiger partial charge in [-0.1, -0.05) is 36.4 Å². The van der Waals surface area contributed by atoms with Gasteiger partial charge in [-0.2, -0.15) is 0 Å². The zero-order valence-corrected chi connectivity index (χ0v) is 17.0. The van der Waals surface area contributed by atoms with E-state index in [1.54, 1.807) is 0 Å². The lowest BCUT2D eigenvalue weighted by Gasteiger charge is -2.47. The fourth-order valence-corrected chi connectivity index (χ4v) is 3.69. The molecule has 2 aliphatic rings. The van der Waals surface area contributed by atoms with Crippen LogP contribution in [0.25, 0.3) is 6.08 Å². The van der Waals surface area contributed by atoms with Crippen LogP contribution in [0.5, 0.6) is 11.5 Å². The number of esters is 1. The molecule has 9 heteroatoms. The molecular weight excluding hydrogens is 420 g/mol. The number of aromatic hydroxyl groups is 2. The lowest BCUT2D eigenvalue weighted by Crippen LogP contribution is -2.63. The Balaban J connectivity index is 1.50. The maximum Gasteiger partial charge on any atom is 0.331 e. The second kappa shape index (κ2) is 9.68. The molecule has 6 atom stereocenters. The monoisotopic (exact) mass is 444 g/mol. The number of phenols is 2. The van der Waals surface area contributed by atoms with Gasteiger partial charge >= 0.3 is 5.97 Å². The van der Waals surface area contributed by atoms with E-state index in [0.29, 0.717) is 5.56 Å². The van der Waals surface area contributed by atoms with E-state index in [-0.39, 0.29) is 18.1 Å². The molecule has 170 valence electrons. The highest BCUT2D eigenvalue weighted by Gasteiger charge is 2.51. The molecule has 0 aromatic heterocycles. The van der Waals surface area contributed by atoms with Gasteiger partial charge in [0.2, 0.25) is 0 Å². The summed E-state index contributed by atoms with van der Waals surface area (Å²) in [5.41, 5.74) is 1.32. The molecule has 4 rings (SSSR count). The van der Waals surface area contributed by atoms with Crippen molar-refractivity contribution >= 4 is 12.0 Å². The smallest absolute Gasteiger partial charge is 0.331 e. The first kappa shape index (κ1) is 22.3. The van der Waals surface area contributed by atoms with Crippen molar-refractivity contribution in [3.05, 3.63) is 65.7 Å². The van der Waals surface area contributed by atoms with E-state index in [0.717, 1.165) is 11.6 Å². The van der Waals surface area contributed by atoms with Gasteiger partial charge in [-0.25, -0.2) is 4.79 Å². The molecule has 2 aromatic carbocycles. The zero-order valence-electron chi connectivity index (χ0n) is 17.0. The molecule has 2 heterocycles. The van der Waals surface area contributed by atoms with Crippen molar-refractivity contribution < 1.29 is 44.2 Å². The average Bonchev–Trinajstić information content (AvgIpc) is 2.81. The van der Waals surface area contributed by atoms with E-state index in [4.69, 9.17) is 18.9 Å². The molecular formula is C23H24O9. The Kier molecular flexibility index (Phi) is 6.73. The maximum absolute atomic E-state index is 12.5. The molecule has 2 aliphatic heterocycles. The lowest BCUT2D eigenvalue weighted by atomic mass is 9.97. The number of phenolic OH excluding ortho intramolecular Hbond substituents is 2. The van der Waals surface area contributed by atoms with Crippen molar-refractivity contribution in [3.63, 3.8) is 0 Å². The van der Waals surface area contributed by atoms with Gasteiger partial charge in [-0.05, 0) is 29.3 Å². The number of rotatable bonds is 5. The summed E-state index contributed by atoms with van der Waals surface area (Å²) in [5, 5.41) is 39.1. The zero-order chi connectivity index (χ0) is 22.7. The molecule has 0 saturated carbocycles. The van der Waals surface area contributed by atoms with Crippen molar-refractivity contribution in [1.82, 2.24) is 0 Å². The summed E-state index contributed by atoms with van der Waals surface area (Å²) in [6.07, 6.45) is -3.28. The van der Waals surface area contributed by atoms with Crippen molar-refractivity contribution in [2.75, 3.05) is 13.2 Å². The molecule has 9 nitrogen and oxygen atoms in total. The standard InChI is InChI=1S/C23H24O9/c24-11-17-20(28)21(32-19(27)9-7-13-6-8-15(25)16(26)10-13)22-23(31-17)29-12-18(30-22)14-4-2-1-3-5-14/h1-10,17-18,20-26,28H,11-12H2/b9-7+/t17-,18+,20-,21+,22-,23-/m1/s1. The average molecular weight is 444 g/mol. The predicted molar refractivity (Wildman–Crippen MR) is 110 cm³/mol. The summed E-state index contributed by atoms with van der Waals surface area (Å²) in [4.78, 5) is 12.5. The lowest BCUT2D eigenvalue weighted by molar-refractivity contribution is -0.350. The fraction of sp³-hybridized carbons (Fsp3) is 0.348. The van der Waals surface area contributed by atoms with Crippen LogP contribution in [0.2, 0.25) is 0 Å². The molecule has 0 amide bonds. The second-order valence-corrected chi connectivity index (χ2v) is 7.53. The van der Waals surface area contributed by atoms with Crippen LogP contribution in [0.1, 0.15) is 17.2 Å². The molecule has 2 fully saturated rings. The van der Waals surface area contributed by atoms with Crippen molar-refractivity contribution in [3.8, 4) is 11.5 Å². The van der Waals surface area contributed by atoms with Gasteiger partial charge < -0.3 is 39.4 Å². The largest absolute Gasteiger partial charge is 0.504 e. The second-order valence-electron chi connectivity index (χ2n) is 7.53. The predicted octanol–water partition coefficient (Wildman–Crippen LogP) is 1.26. The van der Waals surface area contributed by atoms with Gasteiger partial charge in [0.1, 0.15) is 24.4 Å². The number of benzene rings is 2. The minimum atomic E-state index is -1.34. The van der Waals surface area contributed by atoms with Crippen LogP contribution < -0.4 is 0 Å². The first-order chi connectivity index (χ1) is 15.5. The minimum Gasteiger partial charge on any atom is -0.504 e. The van der Waals surface area contributed by atoms with Crippen LogP contribution in [0, 0.1) is 0 Å². The van der Waals surface area contributed by atoms with Gasteiger partial charge in [-0.15, -0.1) is 0 Å². The Hall–Kier alpha value is -2.95. The van der Waals surface area contributed by atoms with E-state index < -0.39 is 49.4 Å². The SMILES string of the molecule is O=C(/C=C/c1ccc(O)c(O)c1)O[C@H]1[C@H](O)[C@@H](CO)O[C@H]2OC[C@@H](c3ccccc3)O[C@@H]21. The van der Waals surface area contributed by atoms with Crippen molar-refractivity contribution in [2.24, 2.45) is 0 Å². The molecule has 2 saturated heterocycles. The number of carbonyl (C=O) groups excluding carboxylic acids is 1. The van der Waals surface area contributed by atoms with Crippen LogP contribution in [0.15, 0.2) is 54.6 Å². The van der Waals surface area contributed by atoms with Crippen molar-refractivity contribution in [2.45, 2.75) is 36.8 Å². The number of hydrogen-bond donors (Lipinski definition) is 4. The Bertz CT molecular complexity index is 961. The van der Waals surface area contributed by atoms with Gasteiger partial charge in [0.25, 0.3) is 0 Å². The first-order valence-electron chi connectivity index (χ1n) is 10.1. The molecule has 0 unspecified atom stereocenters. The summed E-state index contributed by atoms with van der Waals surface area (Å²) >= 11 is 0. The number of aliphatic hydroxyl groups is 2. The minimum absolute atomic E-state index is 0.199. The normalized spacial score (nSPS) is 30.1. The maximum atomic E-state index is 12.5. The highest BCUT2D eigenvalue weighted by Crippen LogP contribution is 2.35.